The SMILES string of the molecule is CC(C)Cc1c(N)noc1-c1cc(Cl)ccc1Br. The van der Waals surface area contributed by atoms with Crippen molar-refractivity contribution < 1.29 is 4.52 Å². The van der Waals surface area contributed by atoms with Crippen molar-refractivity contribution in [2.24, 2.45) is 5.92 Å². The third kappa shape index (κ3) is 2.70. The number of nitrogens with two attached hydrogens (primary N) is 1. The van der Waals surface area contributed by atoms with Crippen molar-refractivity contribution in [1.82, 2.24) is 5.16 Å². The van der Waals surface area contributed by atoms with Crippen LogP contribution < -0.4 is 5.73 Å². The maximum absolute atomic E-state index is 6.02. The summed E-state index contributed by atoms with van der Waals surface area (Å²) >= 11 is 9.51. The number of nitrogen functional groups attached to an aromatic ring is 1. The molecule has 0 spiro atoms. The highest BCUT2D eigenvalue weighted by molar-refractivity contribution is 9.10. The maximum Gasteiger partial charge on any atom is 0.173 e. The van der Waals surface area contributed by atoms with E-state index in [-0.39, 0.29) is 0 Å². The molecule has 1 aromatic carbocycles. The van der Waals surface area contributed by atoms with E-state index in [1.54, 1.807) is 0 Å². The second-order valence-electron chi connectivity index (χ2n) is 4.60. The van der Waals surface area contributed by atoms with Crippen molar-refractivity contribution >= 4 is 33.3 Å². The van der Waals surface area contributed by atoms with Gasteiger partial charge in [0.05, 0.1) is 0 Å². The molecule has 0 aliphatic carbocycles. The number of halogens is 2. The van der Waals surface area contributed by atoms with E-state index in [0.29, 0.717) is 22.5 Å². The van der Waals surface area contributed by atoms with Crippen molar-refractivity contribution in [1.29, 1.82) is 0 Å². The lowest BCUT2D eigenvalue weighted by atomic mass is 10.00. The van der Waals surface area contributed by atoms with Gasteiger partial charge in [0.1, 0.15) is 0 Å². The number of anilines is 1. The van der Waals surface area contributed by atoms with Gasteiger partial charge in [0, 0.05) is 20.6 Å². The molecular formula is C13H14BrClN2O. The summed E-state index contributed by atoms with van der Waals surface area (Å²) in [6.45, 7) is 4.26. The lowest BCUT2D eigenvalue weighted by molar-refractivity contribution is 0.434. The fourth-order valence-electron chi connectivity index (χ4n) is 1.81. The van der Waals surface area contributed by atoms with Crippen molar-refractivity contribution in [3.8, 4) is 11.3 Å². The van der Waals surface area contributed by atoms with Gasteiger partial charge in [0.2, 0.25) is 0 Å². The highest BCUT2D eigenvalue weighted by Crippen LogP contribution is 2.36. The van der Waals surface area contributed by atoms with E-state index in [0.717, 1.165) is 22.0 Å². The van der Waals surface area contributed by atoms with E-state index >= 15 is 0 Å². The largest absolute Gasteiger partial charge is 0.381 e. The molecule has 0 atom stereocenters. The molecule has 2 rings (SSSR count). The quantitative estimate of drug-likeness (QED) is 0.899. The molecule has 0 unspecified atom stereocenters. The first-order valence-electron chi connectivity index (χ1n) is 5.68. The fraction of sp³-hybridized carbons (Fsp3) is 0.308. The van der Waals surface area contributed by atoms with Crippen molar-refractivity contribution in [3.63, 3.8) is 0 Å². The molecule has 0 saturated carbocycles. The van der Waals surface area contributed by atoms with Crippen LogP contribution in [-0.4, -0.2) is 5.16 Å². The zero-order valence-electron chi connectivity index (χ0n) is 10.2. The zero-order valence-corrected chi connectivity index (χ0v) is 12.5. The van der Waals surface area contributed by atoms with Crippen LogP contribution in [0.4, 0.5) is 5.82 Å². The Morgan fingerprint density at radius 1 is 1.44 bits per heavy atom. The Morgan fingerprint density at radius 2 is 2.17 bits per heavy atom. The lowest BCUT2D eigenvalue weighted by Gasteiger charge is -2.07. The van der Waals surface area contributed by atoms with Crippen LogP contribution in [0.1, 0.15) is 19.4 Å². The van der Waals surface area contributed by atoms with E-state index in [4.69, 9.17) is 21.9 Å². The molecule has 96 valence electrons. The molecule has 0 radical (unpaired) electrons. The average molecular weight is 330 g/mol. The monoisotopic (exact) mass is 328 g/mol. The molecule has 1 aromatic heterocycles. The highest BCUT2D eigenvalue weighted by atomic mass is 79.9. The van der Waals surface area contributed by atoms with Crippen LogP contribution in [0.2, 0.25) is 5.02 Å². The van der Waals surface area contributed by atoms with Crippen LogP contribution >= 0.6 is 27.5 Å². The van der Waals surface area contributed by atoms with Gasteiger partial charge in [-0.2, -0.15) is 0 Å². The molecule has 0 saturated heterocycles. The normalized spacial score (nSPS) is 11.2. The Morgan fingerprint density at radius 3 is 2.83 bits per heavy atom. The van der Waals surface area contributed by atoms with Gasteiger partial charge in [0.25, 0.3) is 0 Å². The van der Waals surface area contributed by atoms with Crippen LogP contribution in [0, 0.1) is 5.92 Å². The average Bonchev–Trinajstić information content (AvgIpc) is 2.64. The third-order valence-corrected chi connectivity index (χ3v) is 3.53. The third-order valence-electron chi connectivity index (χ3n) is 2.60. The molecule has 18 heavy (non-hydrogen) atoms. The number of benzene rings is 1. The van der Waals surface area contributed by atoms with Gasteiger partial charge in [-0.05, 0) is 30.5 Å². The van der Waals surface area contributed by atoms with Gasteiger partial charge >= 0.3 is 0 Å². The Hall–Kier alpha value is -1.000. The summed E-state index contributed by atoms with van der Waals surface area (Å²) < 4.78 is 6.26. The van der Waals surface area contributed by atoms with Crippen LogP contribution in [0.15, 0.2) is 27.2 Å². The van der Waals surface area contributed by atoms with Gasteiger partial charge in [-0.3, -0.25) is 0 Å². The Balaban J connectivity index is 2.53. The summed E-state index contributed by atoms with van der Waals surface area (Å²) in [6, 6.07) is 5.54. The summed E-state index contributed by atoms with van der Waals surface area (Å²) in [5.74, 6) is 1.62. The first-order chi connectivity index (χ1) is 8.49. The molecule has 0 aliphatic rings. The highest BCUT2D eigenvalue weighted by Gasteiger charge is 2.19. The second-order valence-corrected chi connectivity index (χ2v) is 5.89. The van der Waals surface area contributed by atoms with E-state index < -0.39 is 0 Å². The minimum atomic E-state index is 0.450. The fourth-order valence-corrected chi connectivity index (χ4v) is 2.41. The number of hydrogen-bond acceptors (Lipinski definition) is 3. The number of rotatable bonds is 3. The van der Waals surface area contributed by atoms with E-state index in [1.165, 1.54) is 0 Å². The maximum atomic E-state index is 6.02. The molecule has 2 N–H and O–H groups in total. The van der Waals surface area contributed by atoms with E-state index in [2.05, 4.69) is 34.9 Å². The second kappa shape index (κ2) is 5.33. The Bertz CT molecular complexity index is 566. The summed E-state index contributed by atoms with van der Waals surface area (Å²) in [5, 5.41) is 4.51. The molecule has 1 heterocycles. The van der Waals surface area contributed by atoms with E-state index in [9.17, 15) is 0 Å². The Labute approximate surface area is 119 Å². The van der Waals surface area contributed by atoms with Crippen LogP contribution in [0.5, 0.6) is 0 Å². The standard InChI is InChI=1S/C13H14BrClN2O/c1-7(2)5-10-12(18-17-13(10)16)9-6-8(15)3-4-11(9)14/h3-4,6-7H,5H2,1-2H3,(H2,16,17). The molecule has 0 amide bonds. The predicted octanol–water partition coefficient (Wildman–Crippen LogP) is 4.54. The molecule has 5 heteroatoms. The molecule has 0 aliphatic heterocycles. The molecular weight excluding hydrogens is 316 g/mol. The molecule has 0 bridgehead atoms. The smallest absolute Gasteiger partial charge is 0.173 e. The summed E-state index contributed by atoms with van der Waals surface area (Å²) in [7, 11) is 0. The van der Waals surface area contributed by atoms with Crippen molar-refractivity contribution in [2.75, 3.05) is 5.73 Å². The first-order valence-corrected chi connectivity index (χ1v) is 6.85. The summed E-state index contributed by atoms with van der Waals surface area (Å²) in [6.07, 6.45) is 0.823. The predicted molar refractivity (Wildman–Crippen MR) is 77.6 cm³/mol. The Kier molecular flexibility index (Phi) is 3.97. The van der Waals surface area contributed by atoms with Crippen molar-refractivity contribution in [2.45, 2.75) is 20.3 Å². The number of hydrogen-bond donors (Lipinski definition) is 1. The van der Waals surface area contributed by atoms with Crippen LogP contribution in [0.3, 0.4) is 0 Å². The molecule has 0 fully saturated rings. The minimum Gasteiger partial charge on any atom is -0.381 e. The van der Waals surface area contributed by atoms with Crippen LogP contribution in [-0.2, 0) is 6.42 Å². The number of nitrogens with zero attached hydrogens (tertiary/aromatic N) is 1. The first kappa shape index (κ1) is 13.4. The van der Waals surface area contributed by atoms with Gasteiger partial charge < -0.3 is 10.3 Å². The van der Waals surface area contributed by atoms with Crippen LogP contribution in [0.25, 0.3) is 11.3 Å². The van der Waals surface area contributed by atoms with E-state index in [1.807, 2.05) is 18.2 Å². The van der Waals surface area contributed by atoms with Gasteiger partial charge in [0.15, 0.2) is 11.6 Å². The summed E-state index contributed by atoms with van der Waals surface area (Å²) in [4.78, 5) is 0. The number of aromatic nitrogens is 1. The summed E-state index contributed by atoms with van der Waals surface area (Å²) in [5.41, 5.74) is 7.68. The lowest BCUT2D eigenvalue weighted by Crippen LogP contribution is -1.99. The minimum absolute atomic E-state index is 0.450. The van der Waals surface area contributed by atoms with Gasteiger partial charge in [-0.15, -0.1) is 0 Å². The topological polar surface area (TPSA) is 52.0 Å². The van der Waals surface area contributed by atoms with Crippen molar-refractivity contribution in [3.05, 3.63) is 33.3 Å². The van der Waals surface area contributed by atoms with Gasteiger partial charge in [-0.25, -0.2) is 0 Å². The zero-order chi connectivity index (χ0) is 13.3. The van der Waals surface area contributed by atoms with Gasteiger partial charge in [-0.1, -0.05) is 46.5 Å². The molecule has 3 nitrogen and oxygen atoms in total. The molecule has 2 aromatic rings.